The summed E-state index contributed by atoms with van der Waals surface area (Å²) in [4.78, 5) is 4.12. The molecule has 74 valence electrons. The van der Waals surface area contributed by atoms with Crippen molar-refractivity contribution in [3.05, 3.63) is 12.3 Å². The zero-order valence-electron chi connectivity index (χ0n) is 8.06. The molecule has 2 aromatic heterocycles. The second kappa shape index (κ2) is 3.49. The van der Waals surface area contributed by atoms with Crippen LogP contribution in [0.4, 0.5) is 6.01 Å². The molecule has 0 amide bonds. The lowest BCUT2D eigenvalue weighted by molar-refractivity contribution is 0.432. The van der Waals surface area contributed by atoms with Crippen LogP contribution in [0.25, 0.3) is 11.5 Å². The number of hydrogen-bond donors (Lipinski definition) is 1. The van der Waals surface area contributed by atoms with Crippen LogP contribution in [-0.2, 0) is 7.05 Å². The summed E-state index contributed by atoms with van der Waals surface area (Å²) in [5, 5.41) is 10.9. The Labute approximate surface area is 80.9 Å². The molecular weight excluding hydrogens is 182 g/mol. The number of nitrogens with zero attached hydrogens (tertiary/aromatic N) is 4. The van der Waals surface area contributed by atoms with Crippen molar-refractivity contribution in [3.63, 3.8) is 0 Å². The van der Waals surface area contributed by atoms with Gasteiger partial charge in [-0.2, -0.15) is 10.1 Å². The molecule has 6 nitrogen and oxygen atoms in total. The van der Waals surface area contributed by atoms with Gasteiger partial charge in [-0.1, -0.05) is 5.16 Å². The van der Waals surface area contributed by atoms with E-state index in [0.29, 0.717) is 17.5 Å². The van der Waals surface area contributed by atoms with Crippen LogP contribution in [-0.4, -0.2) is 26.5 Å². The predicted octanol–water partition coefficient (Wildman–Crippen LogP) is 0.902. The molecule has 0 bridgehead atoms. The van der Waals surface area contributed by atoms with Crippen LogP contribution in [0.5, 0.6) is 0 Å². The van der Waals surface area contributed by atoms with Gasteiger partial charge in [0, 0.05) is 19.8 Å². The Hall–Kier alpha value is -1.85. The van der Waals surface area contributed by atoms with Gasteiger partial charge >= 0.3 is 6.01 Å². The highest BCUT2D eigenvalue weighted by Crippen LogP contribution is 2.14. The van der Waals surface area contributed by atoms with Gasteiger partial charge in [-0.3, -0.25) is 4.68 Å². The van der Waals surface area contributed by atoms with Gasteiger partial charge < -0.3 is 9.84 Å². The second-order valence-electron chi connectivity index (χ2n) is 2.83. The minimum absolute atomic E-state index is 0.424. The van der Waals surface area contributed by atoms with E-state index < -0.39 is 0 Å². The van der Waals surface area contributed by atoms with Gasteiger partial charge in [0.2, 0.25) is 5.82 Å². The second-order valence-corrected chi connectivity index (χ2v) is 2.83. The van der Waals surface area contributed by atoms with Gasteiger partial charge in [0.05, 0.1) is 0 Å². The number of hydrogen-bond acceptors (Lipinski definition) is 5. The monoisotopic (exact) mass is 193 g/mol. The van der Waals surface area contributed by atoms with E-state index in [9.17, 15) is 0 Å². The minimum Gasteiger partial charge on any atom is -0.338 e. The zero-order valence-corrected chi connectivity index (χ0v) is 8.06. The highest BCUT2D eigenvalue weighted by atomic mass is 16.5. The van der Waals surface area contributed by atoms with Crippen molar-refractivity contribution in [2.75, 3.05) is 11.9 Å². The molecule has 0 atom stereocenters. The van der Waals surface area contributed by atoms with Crippen LogP contribution in [0.3, 0.4) is 0 Å². The summed E-state index contributed by atoms with van der Waals surface area (Å²) < 4.78 is 6.64. The summed E-state index contributed by atoms with van der Waals surface area (Å²) in [6, 6.07) is 2.26. The van der Waals surface area contributed by atoms with E-state index in [2.05, 4.69) is 20.6 Å². The van der Waals surface area contributed by atoms with E-state index >= 15 is 0 Å². The van der Waals surface area contributed by atoms with E-state index in [1.54, 1.807) is 4.68 Å². The summed E-state index contributed by atoms with van der Waals surface area (Å²) in [6.07, 6.45) is 1.83. The topological polar surface area (TPSA) is 68.8 Å². The van der Waals surface area contributed by atoms with Gasteiger partial charge in [0.1, 0.15) is 5.69 Å². The van der Waals surface area contributed by atoms with Crippen LogP contribution >= 0.6 is 0 Å². The summed E-state index contributed by atoms with van der Waals surface area (Å²) >= 11 is 0. The third-order valence-electron chi connectivity index (χ3n) is 1.70. The Morgan fingerprint density at radius 3 is 3.07 bits per heavy atom. The Morgan fingerprint density at radius 1 is 1.57 bits per heavy atom. The van der Waals surface area contributed by atoms with Crippen molar-refractivity contribution in [2.24, 2.45) is 7.05 Å². The summed E-state index contributed by atoms with van der Waals surface area (Å²) in [5.41, 5.74) is 0.709. The molecule has 6 heteroatoms. The summed E-state index contributed by atoms with van der Waals surface area (Å²) in [5.74, 6) is 0.501. The molecule has 0 radical (unpaired) electrons. The first-order chi connectivity index (χ1) is 6.79. The van der Waals surface area contributed by atoms with Gasteiger partial charge in [0.15, 0.2) is 0 Å². The molecule has 0 saturated carbocycles. The quantitative estimate of drug-likeness (QED) is 0.784. The summed E-state index contributed by atoms with van der Waals surface area (Å²) in [6.45, 7) is 2.72. The van der Waals surface area contributed by atoms with Crippen LogP contribution in [0.2, 0.25) is 0 Å². The number of nitrogens with one attached hydrogen (secondary N) is 1. The minimum atomic E-state index is 0.424. The highest BCUT2D eigenvalue weighted by Gasteiger charge is 2.09. The fraction of sp³-hybridized carbons (Fsp3) is 0.375. The molecule has 1 N–H and O–H groups in total. The van der Waals surface area contributed by atoms with Crippen molar-refractivity contribution in [1.29, 1.82) is 0 Å². The van der Waals surface area contributed by atoms with E-state index in [0.717, 1.165) is 6.54 Å². The average molecular weight is 193 g/mol. The Morgan fingerprint density at radius 2 is 2.43 bits per heavy atom. The maximum absolute atomic E-state index is 4.95. The molecule has 0 unspecified atom stereocenters. The van der Waals surface area contributed by atoms with Gasteiger partial charge in [-0.25, -0.2) is 0 Å². The number of aromatic nitrogens is 4. The highest BCUT2D eigenvalue weighted by molar-refractivity contribution is 5.48. The third kappa shape index (κ3) is 1.59. The molecule has 0 saturated heterocycles. The standard InChI is InChI=1S/C8H11N5O/c1-3-9-8-10-7(12-14-8)6-4-5-13(2)11-6/h4-5H,3H2,1-2H3,(H,9,10,12). The fourth-order valence-corrected chi connectivity index (χ4v) is 1.08. The van der Waals surface area contributed by atoms with Crippen LogP contribution in [0.1, 0.15) is 6.92 Å². The normalized spacial score (nSPS) is 10.4. The number of aryl methyl sites for hydroxylation is 1. The maximum Gasteiger partial charge on any atom is 0.321 e. The largest absolute Gasteiger partial charge is 0.338 e. The lowest BCUT2D eigenvalue weighted by Gasteiger charge is -1.89. The van der Waals surface area contributed by atoms with E-state index in [1.807, 2.05) is 26.2 Å². The first-order valence-corrected chi connectivity index (χ1v) is 4.37. The molecule has 0 fully saturated rings. The molecule has 14 heavy (non-hydrogen) atoms. The van der Waals surface area contributed by atoms with E-state index in [1.165, 1.54) is 0 Å². The first-order valence-electron chi connectivity index (χ1n) is 4.37. The maximum atomic E-state index is 4.95. The molecule has 2 aromatic rings. The Bertz CT molecular complexity index is 419. The summed E-state index contributed by atoms with van der Waals surface area (Å²) in [7, 11) is 1.84. The van der Waals surface area contributed by atoms with Crippen molar-refractivity contribution < 1.29 is 4.52 Å². The van der Waals surface area contributed by atoms with E-state index in [-0.39, 0.29) is 0 Å². The van der Waals surface area contributed by atoms with Gasteiger partial charge in [-0.15, -0.1) is 0 Å². The Kier molecular flexibility index (Phi) is 2.18. The van der Waals surface area contributed by atoms with Crippen LogP contribution in [0.15, 0.2) is 16.8 Å². The number of anilines is 1. The third-order valence-corrected chi connectivity index (χ3v) is 1.70. The molecule has 0 aliphatic carbocycles. The van der Waals surface area contributed by atoms with Crippen molar-refractivity contribution in [3.8, 4) is 11.5 Å². The lowest BCUT2D eigenvalue weighted by atomic mass is 10.4. The molecule has 0 aromatic carbocycles. The first kappa shape index (κ1) is 8.74. The van der Waals surface area contributed by atoms with Crippen molar-refractivity contribution in [2.45, 2.75) is 6.92 Å². The van der Waals surface area contributed by atoms with E-state index in [4.69, 9.17) is 4.52 Å². The fourth-order valence-electron chi connectivity index (χ4n) is 1.08. The van der Waals surface area contributed by atoms with Gasteiger partial charge in [-0.05, 0) is 13.0 Å². The molecule has 0 spiro atoms. The van der Waals surface area contributed by atoms with Crippen LogP contribution < -0.4 is 5.32 Å². The molecule has 0 aliphatic heterocycles. The zero-order chi connectivity index (χ0) is 9.97. The van der Waals surface area contributed by atoms with Crippen LogP contribution in [0, 0.1) is 0 Å². The SMILES string of the molecule is CCNc1nc(-c2ccn(C)n2)no1. The Balaban J connectivity index is 2.24. The predicted molar refractivity (Wildman–Crippen MR) is 50.7 cm³/mol. The molecule has 2 heterocycles. The molecular formula is C8H11N5O. The van der Waals surface area contributed by atoms with Crippen molar-refractivity contribution in [1.82, 2.24) is 19.9 Å². The van der Waals surface area contributed by atoms with Crippen molar-refractivity contribution >= 4 is 6.01 Å². The molecule has 2 rings (SSSR count). The lowest BCUT2D eigenvalue weighted by Crippen LogP contribution is -1.96. The smallest absolute Gasteiger partial charge is 0.321 e. The van der Waals surface area contributed by atoms with Gasteiger partial charge in [0.25, 0.3) is 0 Å². The molecule has 0 aliphatic rings. The number of rotatable bonds is 3. The average Bonchev–Trinajstić information content (AvgIpc) is 2.74.